The van der Waals surface area contributed by atoms with Gasteiger partial charge in [-0.15, -0.1) is 0 Å². The molecule has 1 aromatic carbocycles. The average Bonchev–Trinajstić information content (AvgIpc) is 2.56. The van der Waals surface area contributed by atoms with Gasteiger partial charge in [0.15, 0.2) is 0 Å². The molecule has 114 valence electrons. The summed E-state index contributed by atoms with van der Waals surface area (Å²) in [6.45, 7) is 1.75. The molecule has 22 heavy (non-hydrogen) atoms. The van der Waals surface area contributed by atoms with Crippen molar-refractivity contribution in [3.8, 4) is 5.75 Å². The monoisotopic (exact) mass is 298 g/mol. The van der Waals surface area contributed by atoms with Gasteiger partial charge in [-0.05, 0) is 25.1 Å². The number of anilines is 1. The number of carbonyl (C=O) groups is 1. The highest BCUT2D eigenvalue weighted by atomic mass is 16.5. The van der Waals surface area contributed by atoms with Gasteiger partial charge in [-0.3, -0.25) is 9.78 Å². The highest BCUT2D eigenvalue weighted by Gasteiger charge is 2.13. The Bertz CT molecular complexity index is 644. The number of benzene rings is 1. The van der Waals surface area contributed by atoms with Crippen LogP contribution < -0.4 is 15.5 Å². The van der Waals surface area contributed by atoms with E-state index in [1.165, 1.54) is 0 Å². The van der Waals surface area contributed by atoms with E-state index < -0.39 is 6.04 Å². The van der Waals surface area contributed by atoms with Crippen molar-refractivity contribution in [2.45, 2.75) is 13.0 Å². The van der Waals surface area contributed by atoms with E-state index in [0.717, 1.165) is 11.3 Å². The van der Waals surface area contributed by atoms with Crippen LogP contribution in [0, 0.1) is 0 Å². The van der Waals surface area contributed by atoms with Gasteiger partial charge < -0.3 is 10.1 Å². The first-order valence-electron chi connectivity index (χ1n) is 6.83. The fraction of sp³-hybridized carbons (Fsp3) is 0.188. The molecule has 1 heterocycles. The van der Waals surface area contributed by atoms with Gasteiger partial charge in [-0.25, -0.2) is 5.43 Å². The fourth-order valence-electron chi connectivity index (χ4n) is 1.78. The van der Waals surface area contributed by atoms with Gasteiger partial charge in [0.2, 0.25) is 0 Å². The average molecular weight is 298 g/mol. The Morgan fingerprint density at radius 1 is 1.32 bits per heavy atom. The summed E-state index contributed by atoms with van der Waals surface area (Å²) < 4.78 is 5.23. The van der Waals surface area contributed by atoms with Crippen LogP contribution in [0.5, 0.6) is 5.75 Å². The number of nitrogens with one attached hydrogen (secondary N) is 2. The third kappa shape index (κ3) is 4.31. The van der Waals surface area contributed by atoms with Gasteiger partial charge in [-0.1, -0.05) is 18.2 Å². The van der Waals surface area contributed by atoms with Crippen LogP contribution in [0.2, 0.25) is 0 Å². The van der Waals surface area contributed by atoms with E-state index in [2.05, 4.69) is 20.8 Å². The van der Waals surface area contributed by atoms with Crippen molar-refractivity contribution in [1.29, 1.82) is 0 Å². The Labute approximate surface area is 129 Å². The van der Waals surface area contributed by atoms with E-state index in [0.29, 0.717) is 5.75 Å². The number of pyridine rings is 1. The molecule has 2 aromatic rings. The van der Waals surface area contributed by atoms with Crippen molar-refractivity contribution in [2.75, 3.05) is 12.4 Å². The van der Waals surface area contributed by atoms with Crippen molar-refractivity contribution in [3.63, 3.8) is 0 Å². The first-order valence-corrected chi connectivity index (χ1v) is 6.83. The molecule has 2 N–H and O–H groups in total. The van der Waals surface area contributed by atoms with E-state index in [9.17, 15) is 4.79 Å². The number of hydrazone groups is 1. The fourth-order valence-corrected chi connectivity index (χ4v) is 1.78. The summed E-state index contributed by atoms with van der Waals surface area (Å²) in [6, 6.07) is 10.6. The zero-order valence-corrected chi connectivity index (χ0v) is 12.5. The van der Waals surface area contributed by atoms with E-state index >= 15 is 0 Å². The molecule has 1 atom stereocenters. The minimum Gasteiger partial charge on any atom is -0.495 e. The molecule has 0 aliphatic rings. The minimum atomic E-state index is -0.456. The Kier molecular flexibility index (Phi) is 5.48. The van der Waals surface area contributed by atoms with Crippen molar-refractivity contribution in [2.24, 2.45) is 5.10 Å². The van der Waals surface area contributed by atoms with Gasteiger partial charge in [-0.2, -0.15) is 5.10 Å². The standard InChI is InChI=1S/C16H18N4O2/c1-12(19-14-7-3-4-8-15(14)22-2)16(21)20-18-11-13-6-5-9-17-10-13/h3-12,19H,1-2H3,(H,20,21)/b18-11-/t12-/m0/s1. The number of hydrogen-bond acceptors (Lipinski definition) is 5. The number of para-hydroxylation sites is 2. The highest BCUT2D eigenvalue weighted by Crippen LogP contribution is 2.23. The number of aromatic nitrogens is 1. The molecule has 0 unspecified atom stereocenters. The maximum atomic E-state index is 12.0. The Morgan fingerprint density at radius 2 is 2.14 bits per heavy atom. The lowest BCUT2D eigenvalue weighted by Gasteiger charge is -2.15. The van der Waals surface area contributed by atoms with Crippen LogP contribution in [0.1, 0.15) is 12.5 Å². The Morgan fingerprint density at radius 3 is 2.86 bits per heavy atom. The molecule has 0 fully saturated rings. The van der Waals surface area contributed by atoms with Gasteiger partial charge >= 0.3 is 0 Å². The normalized spacial score (nSPS) is 11.9. The van der Waals surface area contributed by atoms with Gasteiger partial charge in [0, 0.05) is 18.0 Å². The quantitative estimate of drug-likeness (QED) is 0.632. The van der Waals surface area contributed by atoms with Gasteiger partial charge in [0.25, 0.3) is 5.91 Å². The predicted octanol–water partition coefficient (Wildman–Crippen LogP) is 2.04. The molecule has 0 aliphatic heterocycles. The van der Waals surface area contributed by atoms with Gasteiger partial charge in [0.05, 0.1) is 19.0 Å². The SMILES string of the molecule is COc1ccccc1N[C@@H](C)C(=O)N/N=C\c1cccnc1. The molecule has 0 aliphatic carbocycles. The van der Waals surface area contributed by atoms with E-state index in [1.807, 2.05) is 30.3 Å². The second-order valence-corrected chi connectivity index (χ2v) is 4.59. The van der Waals surface area contributed by atoms with Crippen molar-refractivity contribution < 1.29 is 9.53 Å². The first-order chi connectivity index (χ1) is 10.7. The maximum Gasteiger partial charge on any atom is 0.262 e. The molecule has 2 rings (SSSR count). The van der Waals surface area contributed by atoms with E-state index in [-0.39, 0.29) is 5.91 Å². The summed E-state index contributed by atoms with van der Waals surface area (Å²) in [6.07, 6.45) is 4.88. The number of rotatable bonds is 6. The van der Waals surface area contributed by atoms with Gasteiger partial charge in [0.1, 0.15) is 11.8 Å². The zero-order valence-electron chi connectivity index (χ0n) is 12.5. The molecule has 0 bridgehead atoms. The third-order valence-electron chi connectivity index (χ3n) is 2.95. The number of hydrogen-bond donors (Lipinski definition) is 2. The largest absolute Gasteiger partial charge is 0.495 e. The predicted molar refractivity (Wildman–Crippen MR) is 86.1 cm³/mol. The highest BCUT2D eigenvalue weighted by molar-refractivity contribution is 5.86. The summed E-state index contributed by atoms with van der Waals surface area (Å²) in [4.78, 5) is 16.0. The number of amides is 1. The lowest BCUT2D eigenvalue weighted by molar-refractivity contribution is -0.121. The van der Waals surface area contributed by atoms with Crippen LogP contribution >= 0.6 is 0 Å². The minimum absolute atomic E-state index is 0.244. The Balaban J connectivity index is 1.91. The molecular weight excluding hydrogens is 280 g/mol. The number of ether oxygens (including phenoxy) is 1. The van der Waals surface area contributed by atoms with Crippen molar-refractivity contribution in [3.05, 3.63) is 54.4 Å². The summed E-state index contributed by atoms with van der Waals surface area (Å²) in [5.41, 5.74) is 4.05. The lowest BCUT2D eigenvalue weighted by Crippen LogP contribution is -2.35. The van der Waals surface area contributed by atoms with Crippen molar-refractivity contribution >= 4 is 17.8 Å². The van der Waals surface area contributed by atoms with Crippen LogP contribution in [0.15, 0.2) is 53.9 Å². The number of carbonyl (C=O) groups excluding carboxylic acids is 1. The van der Waals surface area contributed by atoms with Crippen LogP contribution in [0.3, 0.4) is 0 Å². The molecule has 1 aromatic heterocycles. The van der Waals surface area contributed by atoms with Crippen LogP contribution in [-0.4, -0.2) is 30.3 Å². The third-order valence-corrected chi connectivity index (χ3v) is 2.95. The molecule has 0 saturated heterocycles. The maximum absolute atomic E-state index is 12.0. The lowest BCUT2D eigenvalue weighted by atomic mass is 10.2. The smallest absolute Gasteiger partial charge is 0.262 e. The second-order valence-electron chi connectivity index (χ2n) is 4.59. The van der Waals surface area contributed by atoms with Crippen LogP contribution in [0.25, 0.3) is 0 Å². The summed E-state index contributed by atoms with van der Waals surface area (Å²) in [5, 5.41) is 7.00. The number of nitrogens with zero attached hydrogens (tertiary/aromatic N) is 2. The molecule has 0 radical (unpaired) electrons. The molecule has 0 saturated carbocycles. The molecule has 6 nitrogen and oxygen atoms in total. The molecular formula is C16H18N4O2. The van der Waals surface area contributed by atoms with E-state index in [4.69, 9.17) is 4.74 Å². The summed E-state index contributed by atoms with van der Waals surface area (Å²) in [7, 11) is 1.59. The molecule has 1 amide bonds. The van der Waals surface area contributed by atoms with Crippen molar-refractivity contribution in [1.82, 2.24) is 10.4 Å². The summed E-state index contributed by atoms with van der Waals surface area (Å²) in [5.74, 6) is 0.437. The zero-order chi connectivity index (χ0) is 15.8. The Hall–Kier alpha value is -2.89. The van der Waals surface area contributed by atoms with E-state index in [1.54, 1.807) is 38.7 Å². The molecule has 0 spiro atoms. The second kappa shape index (κ2) is 7.78. The first kappa shape index (κ1) is 15.5. The number of methoxy groups -OCH3 is 1. The van der Waals surface area contributed by atoms with Crippen LogP contribution in [0.4, 0.5) is 5.69 Å². The topological polar surface area (TPSA) is 75.6 Å². The van der Waals surface area contributed by atoms with Crippen LogP contribution in [-0.2, 0) is 4.79 Å². The molecule has 6 heteroatoms. The summed E-state index contributed by atoms with van der Waals surface area (Å²) >= 11 is 0.